The molecule has 0 radical (unpaired) electrons. The minimum absolute atomic E-state index is 0.0388. The monoisotopic (exact) mass is 487 g/mol. The van der Waals surface area contributed by atoms with Gasteiger partial charge in [0.15, 0.2) is 23.1 Å². The van der Waals surface area contributed by atoms with Gasteiger partial charge in [-0.3, -0.25) is 14.4 Å². The number of amides is 2. The number of nitrogens with zero attached hydrogens (tertiary/aromatic N) is 2. The van der Waals surface area contributed by atoms with E-state index in [-0.39, 0.29) is 37.3 Å². The molecule has 2 aliphatic rings. The van der Waals surface area contributed by atoms with Gasteiger partial charge in [0.05, 0.1) is 6.04 Å². The Kier molecular flexibility index (Phi) is 5.34. The first-order chi connectivity index (χ1) is 16.7. The average Bonchev–Trinajstić information content (AvgIpc) is 2.97. The summed E-state index contributed by atoms with van der Waals surface area (Å²) < 4.78 is 56.2. The molecule has 7 nitrogen and oxygen atoms in total. The van der Waals surface area contributed by atoms with Crippen molar-refractivity contribution in [2.24, 2.45) is 0 Å². The minimum atomic E-state index is -1.12. The standard InChI is InChI=1S/C24H17F4N3O4/c25-13-2-1-12(16(26)6-13)8-29-23(34)15-9-31-19-10-30(24(35)20(31)22(33)21(15)32)4-3-11-5-17(27)18(28)7-14(11)19/h1-2,5-7,9,19,33H,3-4,8,10H2,(H,29,34). The SMILES string of the molecule is O=C(NCc1ccc(F)cc1F)c1cn2c(c(O)c1=O)C(=O)N1CCc3cc(F)c(F)cc3C2C1. The molecule has 2 N–H and O–H groups in total. The molecule has 0 spiro atoms. The molecule has 0 fully saturated rings. The Hall–Kier alpha value is -4.15. The molecule has 1 atom stereocenters. The van der Waals surface area contributed by atoms with Gasteiger partial charge in [-0.05, 0) is 35.7 Å². The molecule has 1 aromatic heterocycles. The topological polar surface area (TPSA) is 91.6 Å². The number of hydrogen-bond acceptors (Lipinski definition) is 4. The molecule has 2 amide bonds. The molecule has 180 valence electrons. The van der Waals surface area contributed by atoms with Crippen LogP contribution in [0.4, 0.5) is 17.6 Å². The lowest BCUT2D eigenvalue weighted by Crippen LogP contribution is -2.45. The Morgan fingerprint density at radius 2 is 1.80 bits per heavy atom. The summed E-state index contributed by atoms with van der Waals surface area (Å²) in [6.45, 7) is -0.170. The maximum Gasteiger partial charge on any atom is 0.274 e. The van der Waals surface area contributed by atoms with Crippen LogP contribution in [0, 0.1) is 23.3 Å². The zero-order valence-corrected chi connectivity index (χ0v) is 17.9. The third-order valence-corrected chi connectivity index (χ3v) is 6.32. The van der Waals surface area contributed by atoms with E-state index in [1.807, 2.05) is 0 Å². The number of benzene rings is 2. The Labute approximate surface area is 195 Å². The van der Waals surface area contributed by atoms with Crippen LogP contribution in [0.5, 0.6) is 5.75 Å². The van der Waals surface area contributed by atoms with E-state index in [1.165, 1.54) is 9.47 Å². The van der Waals surface area contributed by atoms with Crippen LogP contribution >= 0.6 is 0 Å². The van der Waals surface area contributed by atoms with Gasteiger partial charge in [0.1, 0.15) is 17.2 Å². The van der Waals surface area contributed by atoms with Gasteiger partial charge < -0.3 is 19.9 Å². The fraction of sp³-hybridized carbons (Fsp3) is 0.208. The number of fused-ring (bicyclic) bond motifs is 6. The summed E-state index contributed by atoms with van der Waals surface area (Å²) in [7, 11) is 0. The smallest absolute Gasteiger partial charge is 0.274 e. The molecule has 3 aromatic rings. The number of hydrogen-bond donors (Lipinski definition) is 2. The second-order valence-electron chi connectivity index (χ2n) is 8.38. The largest absolute Gasteiger partial charge is 0.503 e. The number of nitrogens with one attached hydrogen (secondary N) is 1. The highest BCUT2D eigenvalue weighted by atomic mass is 19.2. The van der Waals surface area contributed by atoms with Crippen molar-refractivity contribution in [2.75, 3.05) is 13.1 Å². The number of halogens is 4. The molecule has 2 bridgehead atoms. The van der Waals surface area contributed by atoms with Gasteiger partial charge in [-0.25, -0.2) is 17.6 Å². The minimum Gasteiger partial charge on any atom is -0.503 e. The summed E-state index contributed by atoms with van der Waals surface area (Å²) in [5, 5.41) is 12.9. The first-order valence-corrected chi connectivity index (χ1v) is 10.6. The number of rotatable bonds is 3. The molecule has 5 rings (SSSR count). The van der Waals surface area contributed by atoms with E-state index in [1.54, 1.807) is 0 Å². The Morgan fingerprint density at radius 1 is 1.06 bits per heavy atom. The second-order valence-corrected chi connectivity index (χ2v) is 8.38. The molecule has 2 aromatic carbocycles. The predicted molar refractivity (Wildman–Crippen MR) is 114 cm³/mol. The van der Waals surface area contributed by atoms with Crippen molar-refractivity contribution in [1.82, 2.24) is 14.8 Å². The van der Waals surface area contributed by atoms with Gasteiger partial charge in [0.2, 0.25) is 5.43 Å². The molecular weight excluding hydrogens is 470 g/mol. The maximum atomic E-state index is 14.1. The molecule has 11 heteroatoms. The highest BCUT2D eigenvalue weighted by molar-refractivity contribution is 5.99. The van der Waals surface area contributed by atoms with Gasteiger partial charge in [-0.15, -0.1) is 0 Å². The van der Waals surface area contributed by atoms with Crippen molar-refractivity contribution in [3.05, 3.63) is 98.0 Å². The van der Waals surface area contributed by atoms with Crippen molar-refractivity contribution >= 4 is 11.8 Å². The van der Waals surface area contributed by atoms with Crippen molar-refractivity contribution in [1.29, 1.82) is 0 Å². The Bertz CT molecular complexity index is 1470. The average molecular weight is 487 g/mol. The molecular formula is C24H17F4N3O4. The van der Waals surface area contributed by atoms with Gasteiger partial charge in [-0.1, -0.05) is 6.07 Å². The normalized spacial score (nSPS) is 16.4. The van der Waals surface area contributed by atoms with Crippen LogP contribution in [0.15, 0.2) is 41.3 Å². The molecule has 3 heterocycles. The van der Waals surface area contributed by atoms with E-state index in [4.69, 9.17) is 0 Å². The molecule has 35 heavy (non-hydrogen) atoms. The van der Waals surface area contributed by atoms with Gasteiger partial charge in [0, 0.05) is 37.5 Å². The van der Waals surface area contributed by atoms with E-state index in [2.05, 4.69) is 5.32 Å². The number of pyridine rings is 1. The lowest BCUT2D eigenvalue weighted by Gasteiger charge is -2.35. The van der Waals surface area contributed by atoms with Crippen LogP contribution in [-0.4, -0.2) is 39.5 Å². The number of aromatic hydroxyl groups is 1. The summed E-state index contributed by atoms with van der Waals surface area (Å²) in [6.07, 6.45) is 1.30. The Morgan fingerprint density at radius 3 is 2.54 bits per heavy atom. The van der Waals surface area contributed by atoms with Gasteiger partial charge in [0.25, 0.3) is 11.8 Å². The van der Waals surface area contributed by atoms with Crippen LogP contribution in [-0.2, 0) is 13.0 Å². The first kappa shape index (κ1) is 22.6. The molecule has 0 saturated heterocycles. The summed E-state index contributed by atoms with van der Waals surface area (Å²) in [5.41, 5.74) is -1.26. The lowest BCUT2D eigenvalue weighted by molar-refractivity contribution is 0.0686. The number of carbonyl (C=O) groups excluding carboxylic acids is 2. The lowest BCUT2D eigenvalue weighted by atomic mass is 9.97. The van der Waals surface area contributed by atoms with Gasteiger partial charge in [-0.2, -0.15) is 0 Å². The van der Waals surface area contributed by atoms with Crippen molar-refractivity contribution < 1.29 is 32.3 Å². The molecule has 0 aliphatic carbocycles. The van der Waals surface area contributed by atoms with Crippen molar-refractivity contribution in [3.63, 3.8) is 0 Å². The van der Waals surface area contributed by atoms with Crippen LogP contribution in [0.2, 0.25) is 0 Å². The van der Waals surface area contributed by atoms with E-state index < -0.39 is 57.9 Å². The number of aromatic nitrogens is 1. The highest BCUT2D eigenvalue weighted by Gasteiger charge is 2.39. The van der Waals surface area contributed by atoms with E-state index >= 15 is 0 Å². The van der Waals surface area contributed by atoms with Crippen molar-refractivity contribution in [3.8, 4) is 5.75 Å². The molecule has 1 unspecified atom stereocenters. The maximum absolute atomic E-state index is 14.1. The van der Waals surface area contributed by atoms with Crippen LogP contribution < -0.4 is 10.7 Å². The fourth-order valence-corrected chi connectivity index (χ4v) is 4.53. The highest BCUT2D eigenvalue weighted by Crippen LogP contribution is 2.35. The summed E-state index contributed by atoms with van der Waals surface area (Å²) >= 11 is 0. The third kappa shape index (κ3) is 3.72. The van der Waals surface area contributed by atoms with Crippen molar-refractivity contribution in [2.45, 2.75) is 19.0 Å². The molecule has 2 aliphatic heterocycles. The van der Waals surface area contributed by atoms with E-state index in [0.717, 1.165) is 30.5 Å². The fourth-order valence-electron chi connectivity index (χ4n) is 4.53. The molecule has 0 saturated carbocycles. The van der Waals surface area contributed by atoms with Gasteiger partial charge >= 0.3 is 0 Å². The summed E-state index contributed by atoms with van der Waals surface area (Å²) in [4.78, 5) is 39.9. The van der Waals surface area contributed by atoms with Crippen LogP contribution in [0.25, 0.3) is 0 Å². The van der Waals surface area contributed by atoms with E-state index in [9.17, 15) is 37.1 Å². The second kappa shape index (κ2) is 8.26. The third-order valence-electron chi connectivity index (χ3n) is 6.32. The number of carbonyl (C=O) groups is 2. The predicted octanol–water partition coefficient (Wildman–Crippen LogP) is 2.64. The zero-order valence-electron chi connectivity index (χ0n) is 17.9. The Balaban J connectivity index is 1.57. The van der Waals surface area contributed by atoms with Crippen LogP contribution in [0.3, 0.4) is 0 Å². The van der Waals surface area contributed by atoms with E-state index in [0.29, 0.717) is 17.2 Å². The quantitative estimate of drug-likeness (QED) is 0.556. The summed E-state index contributed by atoms with van der Waals surface area (Å²) in [5.74, 6) is -6.43. The summed E-state index contributed by atoms with van der Waals surface area (Å²) in [6, 6.07) is 4.03. The zero-order chi connectivity index (χ0) is 25.0. The van der Waals surface area contributed by atoms with Crippen LogP contribution in [0.1, 0.15) is 43.6 Å². The first-order valence-electron chi connectivity index (χ1n) is 10.6.